The highest BCUT2D eigenvalue weighted by atomic mass is 16.5. The fraction of sp³-hybridized carbons (Fsp3) is 0.611. The molecule has 4 aliphatic rings. The van der Waals surface area contributed by atoms with Crippen LogP contribution in [0.5, 0.6) is 23.0 Å². The summed E-state index contributed by atoms with van der Waals surface area (Å²) in [4.78, 5) is 31.5. The zero-order valence-corrected chi connectivity index (χ0v) is 26.9. The molecule has 8 heteroatoms. The number of hydrogen-bond donors (Lipinski definition) is 0. The third-order valence-corrected chi connectivity index (χ3v) is 10.7. The van der Waals surface area contributed by atoms with E-state index in [-0.39, 0.29) is 23.9 Å². The van der Waals surface area contributed by atoms with Crippen molar-refractivity contribution >= 4 is 11.6 Å². The van der Waals surface area contributed by atoms with Crippen LogP contribution in [-0.2, 0) is 22.4 Å². The lowest BCUT2D eigenvalue weighted by Crippen LogP contribution is -2.46. The van der Waals surface area contributed by atoms with Crippen molar-refractivity contribution < 1.29 is 28.5 Å². The van der Waals surface area contributed by atoms with Crippen LogP contribution in [0, 0.1) is 11.8 Å². The van der Waals surface area contributed by atoms with Crippen molar-refractivity contribution in [1.29, 1.82) is 0 Å². The maximum Gasteiger partial charge on any atom is 0.161 e. The number of hydrogen-bond acceptors (Lipinski definition) is 8. The van der Waals surface area contributed by atoms with E-state index in [4.69, 9.17) is 18.9 Å². The summed E-state index contributed by atoms with van der Waals surface area (Å²) in [6.07, 6.45) is 9.43. The van der Waals surface area contributed by atoms with Gasteiger partial charge in [0, 0.05) is 62.9 Å². The van der Waals surface area contributed by atoms with E-state index in [0.717, 1.165) is 101 Å². The molecule has 44 heavy (non-hydrogen) atoms. The number of methoxy groups -OCH3 is 4. The summed E-state index contributed by atoms with van der Waals surface area (Å²) in [7, 11) is 6.67. The summed E-state index contributed by atoms with van der Waals surface area (Å²) >= 11 is 0. The number of ketones is 2. The van der Waals surface area contributed by atoms with Gasteiger partial charge in [-0.2, -0.15) is 0 Å². The lowest BCUT2D eigenvalue weighted by Gasteiger charge is -2.43. The molecule has 0 spiro atoms. The van der Waals surface area contributed by atoms with Gasteiger partial charge < -0.3 is 18.9 Å². The molecule has 2 fully saturated rings. The van der Waals surface area contributed by atoms with E-state index in [9.17, 15) is 9.59 Å². The van der Waals surface area contributed by atoms with E-state index >= 15 is 0 Å². The Morgan fingerprint density at radius 2 is 0.977 bits per heavy atom. The molecular weight excluding hydrogens is 556 g/mol. The van der Waals surface area contributed by atoms with Gasteiger partial charge in [-0.25, -0.2) is 0 Å². The van der Waals surface area contributed by atoms with Crippen LogP contribution in [0.4, 0.5) is 0 Å². The van der Waals surface area contributed by atoms with Gasteiger partial charge in [0.1, 0.15) is 11.6 Å². The van der Waals surface area contributed by atoms with Gasteiger partial charge in [0.2, 0.25) is 0 Å². The number of nitrogens with zero attached hydrogens (tertiary/aromatic N) is 2. The number of carbonyl (C=O) groups excluding carboxylic acids is 2. The van der Waals surface area contributed by atoms with Crippen molar-refractivity contribution in [3.8, 4) is 23.0 Å². The Hall–Kier alpha value is -3.10. The third kappa shape index (κ3) is 6.08. The molecule has 0 unspecified atom stereocenters. The van der Waals surface area contributed by atoms with E-state index in [0.29, 0.717) is 24.4 Å². The molecule has 4 aliphatic heterocycles. The summed E-state index contributed by atoms with van der Waals surface area (Å²) in [5.74, 6) is 4.05. The fourth-order valence-corrected chi connectivity index (χ4v) is 8.20. The van der Waals surface area contributed by atoms with E-state index in [2.05, 4.69) is 34.1 Å². The predicted octanol–water partition coefficient (Wildman–Crippen LogP) is 5.74. The minimum Gasteiger partial charge on any atom is -0.493 e. The molecule has 2 saturated heterocycles. The smallest absolute Gasteiger partial charge is 0.161 e. The van der Waals surface area contributed by atoms with E-state index < -0.39 is 0 Å². The Bertz CT molecular complexity index is 1270. The Labute approximate surface area is 262 Å². The molecule has 0 bridgehead atoms. The van der Waals surface area contributed by atoms with Gasteiger partial charge in [-0.15, -0.1) is 0 Å². The summed E-state index contributed by atoms with van der Waals surface area (Å²) < 4.78 is 22.1. The molecule has 0 N–H and O–H groups in total. The van der Waals surface area contributed by atoms with Crippen LogP contribution in [0.3, 0.4) is 0 Å². The molecule has 4 atom stereocenters. The first-order valence-corrected chi connectivity index (χ1v) is 16.5. The zero-order chi connectivity index (χ0) is 30.8. The van der Waals surface area contributed by atoms with Crippen LogP contribution in [0.1, 0.15) is 85.7 Å². The zero-order valence-electron chi connectivity index (χ0n) is 26.9. The van der Waals surface area contributed by atoms with Crippen LogP contribution < -0.4 is 18.9 Å². The first kappa shape index (κ1) is 30.9. The first-order valence-electron chi connectivity index (χ1n) is 16.5. The largest absolute Gasteiger partial charge is 0.493 e. The molecule has 0 amide bonds. The normalized spacial score (nSPS) is 25.0. The second-order valence-corrected chi connectivity index (χ2v) is 13.1. The summed E-state index contributed by atoms with van der Waals surface area (Å²) in [5, 5.41) is 0. The van der Waals surface area contributed by atoms with Crippen LogP contribution in [0.25, 0.3) is 0 Å². The topological polar surface area (TPSA) is 77.5 Å². The maximum atomic E-state index is 13.2. The molecule has 6 rings (SSSR count). The minimum absolute atomic E-state index is 0.130. The standard InChI is InChI=1S/C36H48N2O6/c1-41-33-15-23-11-13-37-21-25(31(39)19-29(37)27(23)17-35(33)43-3)9-7-5-6-8-10-26-22-38-14-12-24-16-34(42-2)36(44-4)18-28(24)30(38)20-32(26)40/h15-18,25-26,29-30H,5-14,19-22H2,1-4H3/t25-,26-,29-,30+/m1/s1. The van der Waals surface area contributed by atoms with Gasteiger partial charge in [0.15, 0.2) is 23.0 Å². The van der Waals surface area contributed by atoms with Crippen molar-refractivity contribution in [3.05, 3.63) is 46.5 Å². The minimum atomic E-state index is 0.130. The number of unbranched alkanes of at least 4 members (excludes halogenated alkanes) is 3. The Morgan fingerprint density at radius 3 is 1.36 bits per heavy atom. The average molecular weight is 605 g/mol. The van der Waals surface area contributed by atoms with Crippen LogP contribution in [0.15, 0.2) is 24.3 Å². The van der Waals surface area contributed by atoms with Gasteiger partial charge in [-0.3, -0.25) is 19.4 Å². The highest BCUT2D eigenvalue weighted by Gasteiger charge is 2.39. The van der Waals surface area contributed by atoms with E-state index in [1.165, 1.54) is 22.3 Å². The number of carbonyl (C=O) groups is 2. The number of Topliss-reactive ketones (excluding diaryl/α,β-unsaturated/α-hetero) is 2. The maximum absolute atomic E-state index is 13.2. The summed E-state index contributed by atoms with van der Waals surface area (Å²) in [6, 6.07) is 8.62. The van der Waals surface area contributed by atoms with Crippen molar-refractivity contribution in [2.45, 2.75) is 76.3 Å². The molecular formula is C36H48N2O6. The highest BCUT2D eigenvalue weighted by molar-refractivity contribution is 5.83. The molecule has 0 radical (unpaired) electrons. The van der Waals surface area contributed by atoms with Crippen LogP contribution in [0.2, 0.25) is 0 Å². The molecule has 0 saturated carbocycles. The number of benzene rings is 2. The molecule has 0 aromatic heterocycles. The Kier molecular flexibility index (Phi) is 9.48. The van der Waals surface area contributed by atoms with Crippen molar-refractivity contribution in [3.63, 3.8) is 0 Å². The van der Waals surface area contributed by atoms with Gasteiger partial charge in [0.25, 0.3) is 0 Å². The van der Waals surface area contributed by atoms with Gasteiger partial charge in [0.05, 0.1) is 28.4 Å². The fourth-order valence-electron chi connectivity index (χ4n) is 8.20. The quantitative estimate of drug-likeness (QED) is 0.301. The molecule has 4 heterocycles. The van der Waals surface area contributed by atoms with E-state index in [1.54, 1.807) is 28.4 Å². The van der Waals surface area contributed by atoms with E-state index in [1.807, 2.05) is 0 Å². The number of piperidine rings is 2. The number of fused-ring (bicyclic) bond motifs is 6. The first-order chi connectivity index (χ1) is 21.4. The Balaban J connectivity index is 0.946. The van der Waals surface area contributed by atoms with Crippen LogP contribution >= 0.6 is 0 Å². The van der Waals surface area contributed by atoms with Crippen LogP contribution in [-0.4, -0.2) is 76.0 Å². The van der Waals surface area contributed by atoms with Gasteiger partial charge >= 0.3 is 0 Å². The summed E-state index contributed by atoms with van der Waals surface area (Å²) in [5.41, 5.74) is 4.98. The third-order valence-electron chi connectivity index (χ3n) is 10.7. The van der Waals surface area contributed by atoms with Crippen molar-refractivity contribution in [2.24, 2.45) is 11.8 Å². The highest BCUT2D eigenvalue weighted by Crippen LogP contribution is 2.44. The second kappa shape index (κ2) is 13.5. The molecule has 0 aliphatic carbocycles. The van der Waals surface area contributed by atoms with Crippen molar-refractivity contribution in [2.75, 3.05) is 54.6 Å². The predicted molar refractivity (Wildman–Crippen MR) is 169 cm³/mol. The lowest BCUT2D eigenvalue weighted by atomic mass is 9.80. The molecule has 8 nitrogen and oxygen atoms in total. The number of rotatable bonds is 11. The molecule has 238 valence electrons. The lowest BCUT2D eigenvalue weighted by molar-refractivity contribution is -0.130. The van der Waals surface area contributed by atoms with Crippen molar-refractivity contribution in [1.82, 2.24) is 9.80 Å². The van der Waals surface area contributed by atoms with Gasteiger partial charge in [-0.05, 0) is 72.2 Å². The molecule has 2 aromatic rings. The summed E-state index contributed by atoms with van der Waals surface area (Å²) in [6.45, 7) is 3.67. The monoisotopic (exact) mass is 604 g/mol. The second-order valence-electron chi connectivity index (χ2n) is 13.1. The number of ether oxygens (including phenoxy) is 4. The van der Waals surface area contributed by atoms with Gasteiger partial charge in [-0.1, -0.05) is 25.7 Å². The SMILES string of the molecule is COc1cc2c(cc1OC)[C@H]1CC(=O)[C@H](CCCCCC[C@@H]3CN4CCc5cc(OC)c(OC)cc5[C@@H]4CC3=O)CN1CC2. The Morgan fingerprint density at radius 1 is 0.591 bits per heavy atom. The molecule has 2 aromatic carbocycles. The average Bonchev–Trinajstić information content (AvgIpc) is 3.05.